The van der Waals surface area contributed by atoms with E-state index in [1.807, 2.05) is 18.2 Å². The number of benzene rings is 9. The van der Waals surface area contributed by atoms with Crippen LogP contribution in [0.2, 0.25) is 0 Å². The number of furan rings is 1. The van der Waals surface area contributed by atoms with Gasteiger partial charge in [0.05, 0.1) is 16.4 Å². The molecule has 0 aliphatic heterocycles. The zero-order valence-electron chi connectivity index (χ0n) is 46.8. The number of ether oxygens (including phenoxy) is 1. The molecule has 0 atom stereocenters. The van der Waals surface area contributed by atoms with E-state index in [1.54, 1.807) is 0 Å². The first kappa shape index (κ1) is 49.6. The number of aromatic nitrogens is 4. The highest BCUT2D eigenvalue weighted by Crippen LogP contribution is 2.44. The van der Waals surface area contributed by atoms with E-state index in [1.165, 1.54) is 33.4 Å². The van der Waals surface area contributed by atoms with Gasteiger partial charge in [-0.3, -0.25) is 4.57 Å². The highest BCUT2D eigenvalue weighted by atomic mass is 16.5. The van der Waals surface area contributed by atoms with Gasteiger partial charge in [0, 0.05) is 51.2 Å². The molecule has 79 heavy (non-hydrogen) atoms. The van der Waals surface area contributed by atoms with Gasteiger partial charge in [-0.2, -0.15) is 9.13 Å². The van der Waals surface area contributed by atoms with Gasteiger partial charge in [-0.15, -0.1) is 0 Å². The molecule has 6 heteroatoms. The molecule has 0 saturated carbocycles. The van der Waals surface area contributed by atoms with Crippen LogP contribution in [0.1, 0.15) is 84.6 Å². The van der Waals surface area contributed by atoms with E-state index < -0.39 is 0 Å². The van der Waals surface area contributed by atoms with Crippen molar-refractivity contribution < 1.29 is 13.7 Å². The first-order chi connectivity index (χ1) is 38.0. The molecule has 0 spiro atoms. The lowest BCUT2D eigenvalue weighted by molar-refractivity contribution is -0.566. The average Bonchev–Trinajstić information content (AvgIpc) is 4.23. The highest BCUT2D eigenvalue weighted by molar-refractivity contribution is 6.24. The maximum absolute atomic E-state index is 6.97. The largest absolute Gasteiger partial charge is 0.457 e. The van der Waals surface area contributed by atoms with Crippen molar-refractivity contribution in [1.82, 2.24) is 14.1 Å². The monoisotopic (exact) mass is 1030 g/mol. The second-order valence-corrected chi connectivity index (χ2v) is 24.5. The van der Waals surface area contributed by atoms with Crippen molar-refractivity contribution >= 4 is 54.8 Å². The van der Waals surface area contributed by atoms with Gasteiger partial charge in [0.25, 0.3) is 6.33 Å². The van der Waals surface area contributed by atoms with Crippen LogP contribution >= 0.6 is 0 Å². The maximum atomic E-state index is 6.97. The van der Waals surface area contributed by atoms with Crippen LogP contribution in [0.15, 0.2) is 217 Å². The quantitative estimate of drug-likeness (QED) is 0.143. The zero-order chi connectivity index (χ0) is 54.5. The normalized spacial score (nSPS) is 12.4. The molecule has 0 bridgehead atoms. The van der Waals surface area contributed by atoms with Crippen molar-refractivity contribution in [3.63, 3.8) is 0 Å². The molecule has 0 unspecified atom stereocenters. The molecule has 0 fully saturated rings. The van der Waals surface area contributed by atoms with Gasteiger partial charge in [-0.1, -0.05) is 178 Å². The summed E-state index contributed by atoms with van der Waals surface area (Å²) in [6, 6.07) is 71.9. The standard InChI is InChI=1S/C73H65N4O2/c1-46-36-67(74-44-61(46)49-37-50(71(2,3)4)39-51(38-49)72(5,6)7)77-64-35-34-57-56-28-17-20-31-66(56)79-70(57)68(64)58-33-32-55(43-65(58)77)78-54-27-21-26-53(42-54)75-45-76(63-30-19-18-29-62(63)75)69-59(47-22-13-11-14-23-47)40-52(73(8,9)10)41-60(69)48-24-15-12-16-25-48/h11-45H,1-10H3/q+1. The number of imidazole rings is 1. The Balaban J connectivity index is 0.944. The van der Waals surface area contributed by atoms with E-state index in [4.69, 9.17) is 14.1 Å². The second kappa shape index (κ2) is 18.6. The first-order valence-electron chi connectivity index (χ1n) is 27.6. The Morgan fingerprint density at radius 1 is 0.468 bits per heavy atom. The summed E-state index contributed by atoms with van der Waals surface area (Å²) in [6.07, 6.45) is 4.30. The van der Waals surface area contributed by atoms with Gasteiger partial charge in [0.15, 0.2) is 11.0 Å². The third kappa shape index (κ3) is 8.76. The molecule has 13 aromatic rings. The summed E-state index contributed by atoms with van der Waals surface area (Å²) in [4.78, 5) is 5.32. The number of hydrogen-bond acceptors (Lipinski definition) is 3. The third-order valence-electron chi connectivity index (χ3n) is 15.9. The number of para-hydroxylation sites is 3. The minimum atomic E-state index is -0.0785. The molecule has 13 rings (SSSR count). The molecule has 0 saturated heterocycles. The maximum Gasteiger partial charge on any atom is 0.255 e. The predicted molar refractivity (Wildman–Crippen MR) is 328 cm³/mol. The van der Waals surface area contributed by atoms with E-state index >= 15 is 0 Å². The molecule has 0 aliphatic carbocycles. The van der Waals surface area contributed by atoms with E-state index in [0.29, 0.717) is 5.75 Å². The van der Waals surface area contributed by atoms with Gasteiger partial charge in [0.2, 0.25) is 0 Å². The van der Waals surface area contributed by atoms with E-state index in [-0.39, 0.29) is 16.2 Å². The fourth-order valence-electron chi connectivity index (χ4n) is 11.5. The summed E-state index contributed by atoms with van der Waals surface area (Å²) in [5.41, 5.74) is 19.9. The lowest BCUT2D eigenvalue weighted by Gasteiger charge is -2.26. The fourth-order valence-corrected chi connectivity index (χ4v) is 11.5. The predicted octanol–water partition coefficient (Wildman–Crippen LogP) is 19.3. The summed E-state index contributed by atoms with van der Waals surface area (Å²) in [7, 11) is 0. The zero-order valence-corrected chi connectivity index (χ0v) is 46.8. The molecule has 0 radical (unpaired) electrons. The smallest absolute Gasteiger partial charge is 0.255 e. The Kier molecular flexibility index (Phi) is 11.7. The Bertz CT molecular complexity index is 4420. The molecule has 9 aromatic carbocycles. The van der Waals surface area contributed by atoms with Crippen molar-refractivity contribution in [3.8, 4) is 62.1 Å². The lowest BCUT2D eigenvalue weighted by Crippen LogP contribution is -2.31. The molecular weight excluding hydrogens is 965 g/mol. The van der Waals surface area contributed by atoms with Crippen LogP contribution in [0.3, 0.4) is 0 Å². The summed E-state index contributed by atoms with van der Waals surface area (Å²) < 4.78 is 20.7. The van der Waals surface area contributed by atoms with E-state index in [9.17, 15) is 0 Å². The SMILES string of the molecule is Cc1cc(-n2c3cc(Oc4cccc(-n5c[n+](-c6c(-c7ccccc7)cc(C(C)(C)C)cc6-c6ccccc6)c6ccccc65)c4)ccc3c3c4oc5ccccc5c4ccc32)ncc1-c1cc(C(C)(C)C)cc(C(C)(C)C)c1. The Morgan fingerprint density at radius 2 is 1.08 bits per heavy atom. The Labute approximate surface area is 462 Å². The molecule has 0 aliphatic rings. The average molecular weight is 1030 g/mol. The van der Waals surface area contributed by atoms with Crippen LogP contribution in [0.5, 0.6) is 11.5 Å². The molecule has 4 aromatic heterocycles. The van der Waals surface area contributed by atoms with Crippen LogP contribution in [0, 0.1) is 6.92 Å². The van der Waals surface area contributed by atoms with Crippen molar-refractivity contribution in [2.75, 3.05) is 0 Å². The number of aryl methyl sites for hydroxylation is 1. The van der Waals surface area contributed by atoms with Crippen molar-refractivity contribution in [3.05, 3.63) is 235 Å². The minimum Gasteiger partial charge on any atom is -0.457 e. The molecule has 388 valence electrons. The van der Waals surface area contributed by atoms with Gasteiger partial charge in [0.1, 0.15) is 39.9 Å². The van der Waals surface area contributed by atoms with Gasteiger partial charge < -0.3 is 9.15 Å². The van der Waals surface area contributed by atoms with Crippen molar-refractivity contribution in [2.45, 2.75) is 85.5 Å². The van der Waals surface area contributed by atoms with Crippen molar-refractivity contribution in [1.29, 1.82) is 0 Å². The topological polar surface area (TPSA) is 49.0 Å². The Morgan fingerprint density at radius 3 is 1.75 bits per heavy atom. The number of rotatable bonds is 8. The first-order valence-corrected chi connectivity index (χ1v) is 27.6. The molecule has 0 amide bonds. The van der Waals surface area contributed by atoms with Gasteiger partial charge >= 0.3 is 0 Å². The van der Waals surface area contributed by atoms with Crippen LogP contribution < -0.4 is 9.30 Å². The molecule has 6 nitrogen and oxygen atoms in total. The van der Waals surface area contributed by atoms with Gasteiger partial charge in [-0.25, -0.2) is 4.98 Å². The number of pyridine rings is 1. The molecule has 4 heterocycles. The summed E-state index contributed by atoms with van der Waals surface area (Å²) in [5, 5.41) is 4.28. The Hall–Kier alpha value is -9.00. The van der Waals surface area contributed by atoms with Crippen LogP contribution in [-0.2, 0) is 16.2 Å². The summed E-state index contributed by atoms with van der Waals surface area (Å²) in [6.45, 7) is 22.8. The van der Waals surface area contributed by atoms with E-state index in [0.717, 1.165) is 100.0 Å². The second-order valence-electron chi connectivity index (χ2n) is 24.5. The minimum absolute atomic E-state index is 0.0115. The summed E-state index contributed by atoms with van der Waals surface area (Å²) >= 11 is 0. The number of fused-ring (bicyclic) bond motifs is 8. The van der Waals surface area contributed by atoms with Crippen LogP contribution in [0.4, 0.5) is 0 Å². The van der Waals surface area contributed by atoms with Crippen LogP contribution in [0.25, 0.3) is 105 Å². The lowest BCUT2D eigenvalue weighted by atomic mass is 9.79. The van der Waals surface area contributed by atoms with Crippen molar-refractivity contribution in [2.24, 2.45) is 0 Å². The number of nitrogens with zero attached hydrogens (tertiary/aromatic N) is 4. The van der Waals surface area contributed by atoms with Crippen LogP contribution in [-0.4, -0.2) is 14.1 Å². The summed E-state index contributed by atoms with van der Waals surface area (Å²) in [5.74, 6) is 2.26. The van der Waals surface area contributed by atoms with E-state index in [2.05, 4.69) is 277 Å². The molecular formula is C73H65N4O2+. The highest BCUT2D eigenvalue weighted by Gasteiger charge is 2.29. The fraction of sp³-hybridized carbons (Fsp3) is 0.178. The molecule has 0 N–H and O–H groups in total. The third-order valence-corrected chi connectivity index (χ3v) is 15.9. The van der Waals surface area contributed by atoms with Gasteiger partial charge in [-0.05, 0) is 135 Å². The number of hydrogen-bond donors (Lipinski definition) is 0.